The maximum Gasteiger partial charge on any atom is 1.00 e. The molecule has 5 rings (SSSR count). The number of carbonyl (C=O) groups excluding carboxylic acids is 2. The molecule has 2 fully saturated rings. The number of β-lactam (4-membered cyclic amide) rings is 1. The van der Waals surface area contributed by atoms with Gasteiger partial charge in [-0.25, -0.2) is 4.68 Å². The van der Waals surface area contributed by atoms with E-state index in [-0.39, 0.29) is 59.3 Å². The van der Waals surface area contributed by atoms with E-state index in [4.69, 9.17) is 4.74 Å². The number of hydrogen-bond acceptors (Lipinski definition) is 6. The smallest absolute Gasteiger partial charge is 0.543 e. The molecular formula is C16H15N4NaO4. The Kier molecular flexibility index (Phi) is 4.03. The molecule has 1 N–H and O–H groups in total. The van der Waals surface area contributed by atoms with E-state index in [0.717, 1.165) is 25.4 Å². The average molecular weight is 350 g/mol. The summed E-state index contributed by atoms with van der Waals surface area (Å²) in [6.45, 7) is 1.76. The van der Waals surface area contributed by atoms with Crippen LogP contribution in [0, 0.1) is 0 Å². The normalized spacial score (nSPS) is 30.6. The van der Waals surface area contributed by atoms with Gasteiger partial charge in [-0.15, -0.1) is 0 Å². The summed E-state index contributed by atoms with van der Waals surface area (Å²) in [5, 5.41) is 18.9. The number of carboxylic acid groups (broad SMARTS) is 1. The van der Waals surface area contributed by atoms with Crippen LogP contribution in [0.1, 0.15) is 24.6 Å². The molecule has 4 aliphatic rings. The van der Waals surface area contributed by atoms with Gasteiger partial charge in [0, 0.05) is 18.2 Å². The number of carboxylic acids is 1. The fourth-order valence-corrected chi connectivity index (χ4v) is 3.99. The predicted octanol–water partition coefficient (Wildman–Crippen LogP) is -4.19. The molecule has 0 saturated carbocycles. The summed E-state index contributed by atoms with van der Waals surface area (Å²) in [5.41, 5.74) is 1.23. The zero-order valence-electron chi connectivity index (χ0n) is 13.8. The summed E-state index contributed by atoms with van der Waals surface area (Å²) in [4.78, 5) is 24.5. The van der Waals surface area contributed by atoms with Gasteiger partial charge in [-0.2, -0.15) is 5.10 Å². The van der Waals surface area contributed by atoms with Crippen molar-refractivity contribution in [3.05, 3.63) is 29.1 Å². The number of hydrogen-bond donors (Lipinski definition) is 1. The molecule has 3 atom stereocenters. The number of ether oxygens (including phenoxy) is 1. The van der Waals surface area contributed by atoms with Gasteiger partial charge in [0.25, 0.3) is 5.91 Å². The summed E-state index contributed by atoms with van der Waals surface area (Å²) in [6, 6.07) is 1.86. The van der Waals surface area contributed by atoms with Crippen molar-refractivity contribution in [2.75, 3.05) is 13.1 Å². The second-order valence-electron chi connectivity index (χ2n) is 6.47. The Balaban J connectivity index is 0.00000157. The summed E-state index contributed by atoms with van der Waals surface area (Å²) in [5.74, 6) is -0.873. The monoisotopic (exact) mass is 350 g/mol. The summed E-state index contributed by atoms with van der Waals surface area (Å²) in [6.07, 6.45) is 4.85. The van der Waals surface area contributed by atoms with Crippen molar-refractivity contribution in [1.29, 1.82) is 0 Å². The van der Waals surface area contributed by atoms with Crippen LogP contribution >= 0.6 is 0 Å². The predicted molar refractivity (Wildman–Crippen MR) is 79.5 cm³/mol. The molecule has 4 aliphatic heterocycles. The van der Waals surface area contributed by atoms with Crippen LogP contribution in [-0.2, 0) is 9.59 Å². The van der Waals surface area contributed by atoms with E-state index in [1.165, 1.54) is 11.0 Å². The van der Waals surface area contributed by atoms with Crippen LogP contribution in [0.15, 0.2) is 23.4 Å². The van der Waals surface area contributed by atoms with E-state index in [0.29, 0.717) is 17.7 Å². The topological polar surface area (TPSA) is 99.5 Å². The number of carbonyl (C=O) groups is 2. The molecule has 1 amide bonds. The van der Waals surface area contributed by atoms with E-state index in [1.54, 1.807) is 6.08 Å². The first kappa shape index (κ1) is 16.8. The largest absolute Gasteiger partial charge is 1.00 e. The fraction of sp³-hybridized carbons (Fsp3) is 0.438. The maximum atomic E-state index is 12.2. The first-order valence-corrected chi connectivity index (χ1v) is 8.07. The zero-order chi connectivity index (χ0) is 16.4. The van der Waals surface area contributed by atoms with E-state index >= 15 is 0 Å². The minimum Gasteiger partial charge on any atom is -0.543 e. The first-order chi connectivity index (χ1) is 11.6. The van der Waals surface area contributed by atoms with Crippen molar-refractivity contribution in [2.45, 2.75) is 31.0 Å². The van der Waals surface area contributed by atoms with Gasteiger partial charge >= 0.3 is 29.6 Å². The van der Waals surface area contributed by atoms with Crippen molar-refractivity contribution in [2.24, 2.45) is 0 Å². The number of nitrogens with one attached hydrogen (secondary N) is 1. The van der Waals surface area contributed by atoms with E-state index in [9.17, 15) is 14.7 Å². The van der Waals surface area contributed by atoms with Gasteiger partial charge in [0.05, 0.1) is 29.4 Å². The third kappa shape index (κ3) is 2.39. The Bertz CT molecular complexity index is 830. The van der Waals surface area contributed by atoms with Gasteiger partial charge in [-0.05, 0) is 25.5 Å². The molecule has 0 aliphatic carbocycles. The summed E-state index contributed by atoms with van der Waals surface area (Å²) in [7, 11) is 0. The van der Waals surface area contributed by atoms with Crippen LogP contribution in [0.5, 0.6) is 5.88 Å². The van der Waals surface area contributed by atoms with E-state index in [2.05, 4.69) is 10.4 Å². The molecule has 3 unspecified atom stereocenters. The van der Waals surface area contributed by atoms with Crippen LogP contribution in [0.4, 0.5) is 0 Å². The second-order valence-corrected chi connectivity index (χ2v) is 6.47. The molecule has 25 heavy (non-hydrogen) atoms. The van der Waals surface area contributed by atoms with Crippen molar-refractivity contribution in [1.82, 2.24) is 20.0 Å². The molecule has 5 heterocycles. The average Bonchev–Trinajstić information content (AvgIpc) is 3.22. The molecule has 0 radical (unpaired) electrons. The second kappa shape index (κ2) is 5.98. The van der Waals surface area contributed by atoms with Gasteiger partial charge in [0.2, 0.25) is 5.88 Å². The third-order valence-electron chi connectivity index (χ3n) is 5.14. The number of nitrogens with zero attached hydrogens (tertiary/aromatic N) is 3. The standard InChI is InChI=1S/C16H16N4O4.Na/c21-15-9(10-1-2-12(16(22)23)19(10)15)5-8-6-14-20(18-8)11-3-4-17-7-13(11)24-14;/h2,5-6,10-11,13,17H,1,3-4,7H2,(H,22,23);/q;+1/p-1/b9-5+;. The molecule has 1 aromatic rings. The molecule has 2 saturated heterocycles. The number of aliphatic carboxylic acids is 1. The van der Waals surface area contributed by atoms with Gasteiger partial charge in [0.1, 0.15) is 6.10 Å². The molecule has 8 nitrogen and oxygen atoms in total. The number of amides is 1. The minimum absolute atomic E-state index is 0. The van der Waals surface area contributed by atoms with Gasteiger partial charge in [-0.1, -0.05) is 6.08 Å². The first-order valence-electron chi connectivity index (χ1n) is 8.07. The molecule has 124 valence electrons. The molecule has 1 aromatic heterocycles. The summed E-state index contributed by atoms with van der Waals surface area (Å²) < 4.78 is 7.80. The van der Waals surface area contributed by atoms with Crippen LogP contribution in [0.2, 0.25) is 0 Å². The van der Waals surface area contributed by atoms with Crippen molar-refractivity contribution < 1.29 is 49.0 Å². The SMILES string of the molecule is O=C([O-])C1=CCC2/C(=C\c3cc4n(n3)C3CCNCC3O4)C(=O)N12.[Na+]. The molecule has 0 aromatic carbocycles. The van der Waals surface area contributed by atoms with Crippen LogP contribution in [0.25, 0.3) is 6.08 Å². The van der Waals surface area contributed by atoms with Gasteiger partial charge < -0.3 is 20.0 Å². The van der Waals surface area contributed by atoms with Gasteiger partial charge in [-0.3, -0.25) is 9.69 Å². The number of fused-ring (bicyclic) bond motifs is 4. The zero-order valence-corrected chi connectivity index (χ0v) is 15.8. The Morgan fingerprint density at radius 1 is 1.48 bits per heavy atom. The van der Waals surface area contributed by atoms with Crippen LogP contribution < -0.4 is 44.7 Å². The Morgan fingerprint density at radius 2 is 2.32 bits per heavy atom. The van der Waals surface area contributed by atoms with Crippen molar-refractivity contribution in [3.8, 4) is 5.88 Å². The summed E-state index contributed by atoms with van der Waals surface area (Å²) >= 11 is 0. The van der Waals surface area contributed by atoms with Gasteiger partial charge in [0.15, 0.2) is 0 Å². The van der Waals surface area contributed by atoms with Crippen LogP contribution in [0.3, 0.4) is 0 Å². The third-order valence-corrected chi connectivity index (χ3v) is 5.14. The van der Waals surface area contributed by atoms with E-state index in [1.807, 2.05) is 10.7 Å². The quantitative estimate of drug-likeness (QED) is 0.330. The van der Waals surface area contributed by atoms with E-state index < -0.39 is 5.97 Å². The molecule has 0 bridgehead atoms. The van der Waals surface area contributed by atoms with Crippen LogP contribution in [-0.4, -0.2) is 51.8 Å². The fourth-order valence-electron chi connectivity index (χ4n) is 3.99. The Hall–Kier alpha value is -1.61. The Morgan fingerprint density at radius 3 is 3.12 bits per heavy atom. The maximum absolute atomic E-state index is 12.2. The Labute approximate surface area is 165 Å². The molecule has 0 spiro atoms. The minimum atomic E-state index is -1.31. The number of rotatable bonds is 2. The molecule has 9 heteroatoms. The molecular weight excluding hydrogens is 335 g/mol. The van der Waals surface area contributed by atoms with Crippen molar-refractivity contribution >= 4 is 18.0 Å². The number of aromatic nitrogens is 2. The van der Waals surface area contributed by atoms with Crippen molar-refractivity contribution in [3.63, 3.8) is 0 Å². The number of piperidine rings is 1.